The minimum absolute atomic E-state index is 0.0400. The lowest BCUT2D eigenvalue weighted by atomic mass is 9.85. The Bertz CT molecular complexity index is 866. The number of amides is 2. The molecule has 1 aliphatic carbocycles. The molecule has 2 amide bonds. The Morgan fingerprint density at radius 1 is 1.17 bits per heavy atom. The number of hydrogen-bond donors (Lipinski definition) is 1. The number of nitro groups is 1. The van der Waals surface area contributed by atoms with Gasteiger partial charge in [0, 0.05) is 30.7 Å². The average Bonchev–Trinajstić information content (AvgIpc) is 2.97. The number of oxime groups is 1. The Balaban J connectivity index is 1.46. The number of hydrogen-bond acceptors (Lipinski definition) is 7. The third-order valence-electron chi connectivity index (χ3n) is 4.98. The van der Waals surface area contributed by atoms with Gasteiger partial charge in [0.1, 0.15) is 0 Å². The molecule has 1 fully saturated rings. The normalized spacial score (nSPS) is 21.2. The van der Waals surface area contributed by atoms with Crippen molar-refractivity contribution in [2.45, 2.75) is 25.7 Å². The van der Waals surface area contributed by atoms with Gasteiger partial charge in [-0.05, 0) is 31.4 Å². The van der Waals surface area contributed by atoms with Crippen molar-refractivity contribution in [3.63, 3.8) is 0 Å². The van der Waals surface area contributed by atoms with E-state index in [9.17, 15) is 24.5 Å². The number of rotatable bonds is 7. The van der Waals surface area contributed by atoms with E-state index in [0.717, 1.165) is 0 Å². The van der Waals surface area contributed by atoms with Gasteiger partial charge >= 0.3 is 5.97 Å². The molecule has 10 heteroatoms. The second kappa shape index (κ2) is 8.63. The summed E-state index contributed by atoms with van der Waals surface area (Å²) < 4.78 is 0. The second-order valence-corrected chi connectivity index (χ2v) is 6.83. The van der Waals surface area contributed by atoms with Gasteiger partial charge in [0.2, 0.25) is 11.8 Å². The van der Waals surface area contributed by atoms with Crippen LogP contribution in [0, 0.1) is 22.0 Å². The van der Waals surface area contributed by atoms with Gasteiger partial charge < -0.3 is 10.6 Å². The largest absolute Gasteiger partial charge is 0.380 e. The number of allylic oxidation sites excluding steroid dienone is 2. The summed E-state index contributed by atoms with van der Waals surface area (Å²) in [4.78, 5) is 52.6. The number of carbonyl (C=O) groups excluding carboxylic acids is 3. The zero-order valence-electron chi connectivity index (χ0n) is 15.5. The Morgan fingerprint density at radius 3 is 2.31 bits per heavy atom. The first-order valence-corrected chi connectivity index (χ1v) is 9.17. The lowest BCUT2D eigenvalue weighted by Gasteiger charge is -2.14. The molecule has 1 aromatic carbocycles. The van der Waals surface area contributed by atoms with Gasteiger partial charge in [0.15, 0.2) is 5.84 Å². The molecule has 1 aliphatic heterocycles. The Hall–Kier alpha value is -3.56. The Kier molecular flexibility index (Phi) is 6.01. The first-order chi connectivity index (χ1) is 13.9. The molecule has 1 saturated heterocycles. The van der Waals surface area contributed by atoms with Crippen LogP contribution in [-0.4, -0.2) is 40.0 Å². The van der Waals surface area contributed by atoms with Crippen molar-refractivity contribution in [1.82, 2.24) is 4.90 Å². The third kappa shape index (κ3) is 4.48. The Labute approximate surface area is 166 Å². The van der Waals surface area contributed by atoms with Gasteiger partial charge in [0.05, 0.1) is 16.8 Å². The van der Waals surface area contributed by atoms with E-state index in [1.165, 1.54) is 29.2 Å². The van der Waals surface area contributed by atoms with Crippen LogP contribution >= 0.6 is 0 Å². The first-order valence-electron chi connectivity index (χ1n) is 9.17. The predicted octanol–water partition coefficient (Wildman–Crippen LogP) is 1.49. The summed E-state index contributed by atoms with van der Waals surface area (Å²) in [6, 6.07) is 5.31. The summed E-state index contributed by atoms with van der Waals surface area (Å²) >= 11 is 0. The number of non-ortho nitro benzene ring substituents is 1. The van der Waals surface area contributed by atoms with Gasteiger partial charge in [-0.2, -0.15) is 0 Å². The van der Waals surface area contributed by atoms with Gasteiger partial charge in [-0.1, -0.05) is 17.3 Å². The van der Waals surface area contributed by atoms with Crippen molar-refractivity contribution in [3.8, 4) is 0 Å². The average molecular weight is 400 g/mol. The first kappa shape index (κ1) is 20.2. The molecule has 0 radical (unpaired) electrons. The molecule has 1 heterocycles. The highest BCUT2D eigenvalue weighted by Gasteiger charge is 2.46. The van der Waals surface area contributed by atoms with E-state index >= 15 is 0 Å². The summed E-state index contributed by atoms with van der Waals surface area (Å²) in [5.74, 6) is -1.70. The molecule has 0 saturated carbocycles. The fraction of sp³-hybridized carbons (Fsp3) is 0.368. The number of benzene rings is 1. The predicted molar refractivity (Wildman–Crippen MR) is 101 cm³/mol. The van der Waals surface area contributed by atoms with Crippen LogP contribution in [0.4, 0.5) is 5.69 Å². The van der Waals surface area contributed by atoms with E-state index < -0.39 is 10.9 Å². The van der Waals surface area contributed by atoms with Crippen LogP contribution < -0.4 is 5.73 Å². The number of nitrogens with two attached hydrogens (primary N) is 1. The maximum Gasteiger partial charge on any atom is 0.335 e. The molecule has 2 atom stereocenters. The monoisotopic (exact) mass is 400 g/mol. The molecule has 152 valence electrons. The van der Waals surface area contributed by atoms with E-state index in [1.54, 1.807) is 0 Å². The van der Waals surface area contributed by atoms with Crippen molar-refractivity contribution < 1.29 is 24.1 Å². The molecule has 0 aromatic heterocycles. The topological polar surface area (TPSA) is 145 Å². The van der Waals surface area contributed by atoms with Crippen LogP contribution in [0.3, 0.4) is 0 Å². The smallest absolute Gasteiger partial charge is 0.335 e. The summed E-state index contributed by atoms with van der Waals surface area (Å²) in [7, 11) is 0. The number of amidine groups is 1. The van der Waals surface area contributed by atoms with Gasteiger partial charge in [-0.15, -0.1) is 0 Å². The standard InChI is InChI=1S/C19H20N4O6/c20-17(12-7-9-13(10-8-12)23(27)28)21-29-16(24)6-3-11-22-18(25)14-4-1-2-5-15(14)19(22)26/h1-2,7-10,14-15H,3-6,11H2,(H2,20,21)/t14-,15+. The van der Waals surface area contributed by atoms with E-state index in [4.69, 9.17) is 10.6 Å². The number of carbonyl (C=O) groups is 3. The maximum absolute atomic E-state index is 12.3. The highest BCUT2D eigenvalue weighted by Crippen LogP contribution is 2.35. The van der Waals surface area contributed by atoms with Crippen molar-refractivity contribution in [3.05, 3.63) is 52.1 Å². The van der Waals surface area contributed by atoms with Gasteiger partial charge in [-0.25, -0.2) is 4.79 Å². The molecular weight excluding hydrogens is 380 g/mol. The van der Waals surface area contributed by atoms with Crippen LogP contribution in [0.1, 0.15) is 31.2 Å². The van der Waals surface area contributed by atoms with Crippen molar-refractivity contribution in [1.29, 1.82) is 0 Å². The van der Waals surface area contributed by atoms with Crippen molar-refractivity contribution in [2.24, 2.45) is 22.7 Å². The minimum Gasteiger partial charge on any atom is -0.380 e. The summed E-state index contributed by atoms with van der Waals surface area (Å²) in [6.07, 6.45) is 5.20. The molecular formula is C19H20N4O6. The highest BCUT2D eigenvalue weighted by atomic mass is 16.7. The van der Waals surface area contributed by atoms with E-state index in [0.29, 0.717) is 18.4 Å². The van der Waals surface area contributed by atoms with E-state index in [1.807, 2.05) is 12.2 Å². The molecule has 0 unspecified atom stereocenters. The molecule has 1 aromatic rings. The van der Waals surface area contributed by atoms with Crippen LogP contribution in [-0.2, 0) is 19.2 Å². The number of nitro benzene ring substituents is 1. The van der Waals surface area contributed by atoms with Gasteiger partial charge in [0.25, 0.3) is 5.69 Å². The third-order valence-corrected chi connectivity index (χ3v) is 4.98. The molecule has 2 aliphatic rings. The summed E-state index contributed by atoms with van der Waals surface area (Å²) in [5, 5.41) is 14.2. The lowest BCUT2D eigenvalue weighted by Crippen LogP contribution is -2.32. The van der Waals surface area contributed by atoms with Crippen LogP contribution in [0.5, 0.6) is 0 Å². The van der Waals surface area contributed by atoms with Crippen LogP contribution in [0.25, 0.3) is 0 Å². The Morgan fingerprint density at radius 2 is 1.76 bits per heavy atom. The number of likely N-dealkylation sites (tertiary alicyclic amines) is 1. The quantitative estimate of drug-likeness (QED) is 0.139. The highest BCUT2D eigenvalue weighted by molar-refractivity contribution is 6.05. The fourth-order valence-corrected chi connectivity index (χ4v) is 3.42. The molecule has 0 spiro atoms. The summed E-state index contributed by atoms with van der Waals surface area (Å²) in [5.41, 5.74) is 5.97. The molecule has 0 bridgehead atoms. The summed E-state index contributed by atoms with van der Waals surface area (Å²) in [6.45, 7) is 0.154. The van der Waals surface area contributed by atoms with E-state index in [2.05, 4.69) is 5.16 Å². The van der Waals surface area contributed by atoms with Crippen LogP contribution in [0.2, 0.25) is 0 Å². The lowest BCUT2D eigenvalue weighted by molar-refractivity contribution is -0.384. The van der Waals surface area contributed by atoms with Crippen molar-refractivity contribution >= 4 is 29.3 Å². The number of nitrogens with zero attached hydrogens (tertiary/aromatic N) is 3. The van der Waals surface area contributed by atoms with Gasteiger partial charge in [-0.3, -0.25) is 24.6 Å². The fourth-order valence-electron chi connectivity index (χ4n) is 3.42. The number of imide groups is 1. The molecule has 2 N–H and O–H groups in total. The zero-order valence-corrected chi connectivity index (χ0v) is 15.5. The SMILES string of the molecule is N/C(=N\OC(=O)CCCN1C(=O)[C@H]2CC=CC[C@H]2C1=O)c1ccc([N+](=O)[O-])cc1. The molecule has 29 heavy (non-hydrogen) atoms. The molecule has 3 rings (SSSR count). The van der Waals surface area contributed by atoms with Crippen LogP contribution in [0.15, 0.2) is 41.6 Å². The second-order valence-electron chi connectivity index (χ2n) is 6.83. The van der Waals surface area contributed by atoms with E-state index in [-0.39, 0.29) is 54.6 Å². The van der Waals surface area contributed by atoms with Crippen molar-refractivity contribution in [2.75, 3.05) is 6.54 Å². The minimum atomic E-state index is -0.659. The zero-order chi connectivity index (χ0) is 21.0. The molecule has 10 nitrogen and oxygen atoms in total. The number of fused-ring (bicyclic) bond motifs is 1. The maximum atomic E-state index is 12.3.